The number of amides is 1. The van der Waals surface area contributed by atoms with Gasteiger partial charge >= 0.3 is 0 Å². The van der Waals surface area contributed by atoms with Crippen LogP contribution in [-0.4, -0.2) is 6.41 Å². The largest absolute Gasteiger partial charge is 0.328 e. The summed E-state index contributed by atoms with van der Waals surface area (Å²) >= 11 is 0. The number of nitrogens with one attached hydrogen (secondary N) is 1. The molecule has 0 radical (unpaired) electrons. The lowest BCUT2D eigenvalue weighted by Gasteiger charge is -2.20. The predicted octanol–water partition coefficient (Wildman–Crippen LogP) is 3.89. The lowest BCUT2D eigenvalue weighted by atomic mass is 9.89. The summed E-state index contributed by atoms with van der Waals surface area (Å²) < 4.78 is 0. The molecular weight excluding hydrogens is 210 g/mol. The van der Waals surface area contributed by atoms with Crippen LogP contribution in [0.3, 0.4) is 0 Å². The minimum absolute atomic E-state index is 0.434. The van der Waals surface area contributed by atoms with Gasteiger partial charge in [0.15, 0.2) is 0 Å². The van der Waals surface area contributed by atoms with Crippen LogP contribution in [0.1, 0.15) is 56.6 Å². The molecule has 1 aromatic rings. The Labute approximate surface area is 103 Å². The van der Waals surface area contributed by atoms with Crippen molar-refractivity contribution in [2.75, 3.05) is 5.32 Å². The zero-order valence-corrected chi connectivity index (χ0v) is 10.9. The molecular formula is C15H21NO. The lowest BCUT2D eigenvalue weighted by molar-refractivity contribution is -0.105. The van der Waals surface area contributed by atoms with Crippen LogP contribution in [0.4, 0.5) is 5.69 Å². The van der Waals surface area contributed by atoms with Gasteiger partial charge < -0.3 is 5.32 Å². The Morgan fingerprint density at radius 3 is 2.41 bits per heavy atom. The second kappa shape index (κ2) is 4.91. The third kappa shape index (κ3) is 2.51. The lowest BCUT2D eigenvalue weighted by Crippen LogP contribution is -2.07. The molecule has 1 fully saturated rings. The quantitative estimate of drug-likeness (QED) is 0.765. The minimum Gasteiger partial charge on any atom is -0.328 e. The Morgan fingerprint density at radius 2 is 1.88 bits per heavy atom. The van der Waals surface area contributed by atoms with E-state index in [1.807, 2.05) is 0 Å². The van der Waals surface area contributed by atoms with E-state index in [-0.39, 0.29) is 0 Å². The highest BCUT2D eigenvalue weighted by Crippen LogP contribution is 2.45. The Morgan fingerprint density at radius 1 is 1.24 bits per heavy atom. The van der Waals surface area contributed by atoms with Gasteiger partial charge in [-0.15, -0.1) is 0 Å². The van der Waals surface area contributed by atoms with Crippen LogP contribution >= 0.6 is 0 Å². The van der Waals surface area contributed by atoms with Crippen molar-refractivity contribution in [3.63, 3.8) is 0 Å². The van der Waals surface area contributed by atoms with Crippen molar-refractivity contribution < 1.29 is 4.79 Å². The van der Waals surface area contributed by atoms with Gasteiger partial charge in [-0.2, -0.15) is 0 Å². The third-order valence-corrected chi connectivity index (χ3v) is 3.77. The SMILES string of the molecule is CC(C)c1cccc([C@@H](C)C2CC2)c1NC=O. The molecule has 2 heteroatoms. The number of rotatable bonds is 5. The molecule has 1 atom stereocenters. The van der Waals surface area contributed by atoms with Gasteiger partial charge in [-0.1, -0.05) is 39.0 Å². The van der Waals surface area contributed by atoms with Crippen LogP contribution in [0, 0.1) is 5.92 Å². The van der Waals surface area contributed by atoms with Gasteiger partial charge in [-0.05, 0) is 41.7 Å². The number of carbonyl (C=O) groups excluding carboxylic acids is 1. The molecule has 17 heavy (non-hydrogen) atoms. The summed E-state index contributed by atoms with van der Waals surface area (Å²) in [6.07, 6.45) is 3.45. The first-order chi connectivity index (χ1) is 8.15. The maximum atomic E-state index is 10.8. The van der Waals surface area contributed by atoms with Gasteiger partial charge in [0.2, 0.25) is 6.41 Å². The predicted molar refractivity (Wildman–Crippen MR) is 71.4 cm³/mol. The fraction of sp³-hybridized carbons (Fsp3) is 0.533. The molecule has 1 N–H and O–H groups in total. The number of hydrogen-bond acceptors (Lipinski definition) is 1. The van der Waals surface area contributed by atoms with E-state index < -0.39 is 0 Å². The average molecular weight is 231 g/mol. The second-order valence-corrected chi connectivity index (χ2v) is 5.35. The van der Waals surface area contributed by atoms with Crippen LogP contribution in [0.15, 0.2) is 18.2 Å². The molecule has 1 aliphatic carbocycles. The van der Waals surface area contributed by atoms with Crippen molar-refractivity contribution in [1.82, 2.24) is 0 Å². The van der Waals surface area contributed by atoms with E-state index >= 15 is 0 Å². The van der Waals surface area contributed by atoms with Crippen LogP contribution in [0.2, 0.25) is 0 Å². The summed E-state index contributed by atoms with van der Waals surface area (Å²) in [6.45, 7) is 6.60. The molecule has 0 heterocycles. The fourth-order valence-corrected chi connectivity index (χ4v) is 2.53. The zero-order valence-electron chi connectivity index (χ0n) is 10.9. The molecule has 1 saturated carbocycles. The van der Waals surface area contributed by atoms with Gasteiger partial charge in [0.25, 0.3) is 0 Å². The summed E-state index contributed by atoms with van der Waals surface area (Å²) in [5, 5.41) is 2.91. The minimum atomic E-state index is 0.434. The van der Waals surface area contributed by atoms with Crippen molar-refractivity contribution in [1.29, 1.82) is 0 Å². The highest BCUT2D eigenvalue weighted by molar-refractivity contribution is 5.76. The Hall–Kier alpha value is -1.31. The van der Waals surface area contributed by atoms with E-state index in [1.54, 1.807) is 0 Å². The van der Waals surface area contributed by atoms with Crippen LogP contribution < -0.4 is 5.32 Å². The first-order valence-electron chi connectivity index (χ1n) is 6.48. The summed E-state index contributed by atoms with van der Waals surface area (Å²) in [7, 11) is 0. The van der Waals surface area contributed by atoms with Crippen LogP contribution in [0.5, 0.6) is 0 Å². The van der Waals surface area contributed by atoms with Crippen molar-refractivity contribution >= 4 is 12.1 Å². The smallest absolute Gasteiger partial charge is 0.211 e. The van der Waals surface area contributed by atoms with Gasteiger partial charge in [-0.3, -0.25) is 4.79 Å². The third-order valence-electron chi connectivity index (χ3n) is 3.77. The molecule has 1 aromatic carbocycles. The van der Waals surface area contributed by atoms with E-state index in [2.05, 4.69) is 44.3 Å². The second-order valence-electron chi connectivity index (χ2n) is 5.35. The molecule has 0 bridgehead atoms. The van der Waals surface area contributed by atoms with Gasteiger partial charge in [0.1, 0.15) is 0 Å². The van der Waals surface area contributed by atoms with Gasteiger partial charge in [0, 0.05) is 5.69 Å². The molecule has 0 unspecified atom stereocenters. The highest BCUT2D eigenvalue weighted by Gasteiger charge is 2.30. The molecule has 0 saturated heterocycles. The summed E-state index contributed by atoms with van der Waals surface area (Å²) in [5.74, 6) is 1.80. The number of benzene rings is 1. The molecule has 92 valence electrons. The van der Waals surface area contributed by atoms with Crippen LogP contribution in [0.25, 0.3) is 0 Å². The number of carbonyl (C=O) groups is 1. The maximum absolute atomic E-state index is 10.8. The fourth-order valence-electron chi connectivity index (χ4n) is 2.53. The van der Waals surface area contributed by atoms with E-state index in [1.165, 1.54) is 24.0 Å². The Balaban J connectivity index is 2.41. The molecule has 1 aliphatic rings. The first kappa shape index (κ1) is 12.2. The normalized spacial score (nSPS) is 16.9. The van der Waals surface area contributed by atoms with Crippen molar-refractivity contribution in [2.24, 2.45) is 5.92 Å². The molecule has 1 amide bonds. The van der Waals surface area contributed by atoms with Gasteiger partial charge in [0.05, 0.1) is 0 Å². The van der Waals surface area contributed by atoms with Gasteiger partial charge in [-0.25, -0.2) is 0 Å². The van der Waals surface area contributed by atoms with Crippen molar-refractivity contribution in [2.45, 2.75) is 45.4 Å². The average Bonchev–Trinajstić information content (AvgIpc) is 3.12. The topological polar surface area (TPSA) is 29.1 Å². The standard InChI is InChI=1S/C15H21NO/c1-10(2)13-5-4-6-14(15(13)16-9-17)11(3)12-7-8-12/h4-6,9-12H,7-8H2,1-3H3,(H,16,17)/t11-/m0/s1. The Kier molecular flexibility index (Phi) is 3.51. The number of para-hydroxylation sites is 1. The molecule has 0 aliphatic heterocycles. The van der Waals surface area contributed by atoms with E-state index in [0.29, 0.717) is 11.8 Å². The highest BCUT2D eigenvalue weighted by atomic mass is 16.1. The summed E-state index contributed by atoms with van der Waals surface area (Å²) in [4.78, 5) is 10.8. The molecule has 0 spiro atoms. The van der Waals surface area contributed by atoms with E-state index in [4.69, 9.17) is 0 Å². The van der Waals surface area contributed by atoms with Crippen molar-refractivity contribution in [3.05, 3.63) is 29.3 Å². The maximum Gasteiger partial charge on any atom is 0.211 e. The van der Waals surface area contributed by atoms with Crippen molar-refractivity contribution in [3.8, 4) is 0 Å². The summed E-state index contributed by atoms with van der Waals surface area (Å²) in [6, 6.07) is 6.37. The number of anilines is 1. The first-order valence-corrected chi connectivity index (χ1v) is 6.48. The molecule has 2 rings (SSSR count). The molecule has 0 aromatic heterocycles. The van der Waals surface area contributed by atoms with E-state index in [9.17, 15) is 4.79 Å². The van der Waals surface area contributed by atoms with Crippen LogP contribution in [-0.2, 0) is 4.79 Å². The zero-order chi connectivity index (χ0) is 12.4. The monoisotopic (exact) mass is 231 g/mol. The summed E-state index contributed by atoms with van der Waals surface area (Å²) in [5.41, 5.74) is 3.57. The Bertz CT molecular complexity index is 407. The van der Waals surface area contributed by atoms with E-state index in [0.717, 1.165) is 18.0 Å². The molecule has 2 nitrogen and oxygen atoms in total. The number of hydrogen-bond donors (Lipinski definition) is 1.